The van der Waals surface area contributed by atoms with Crippen molar-refractivity contribution in [2.24, 2.45) is 0 Å². The van der Waals surface area contributed by atoms with Crippen LogP contribution in [0.25, 0.3) is 0 Å². The number of Topliss-reactive ketones (excluding diaryl/α,β-unsaturated/α-hetero) is 1. The van der Waals surface area contributed by atoms with Gasteiger partial charge in [-0.1, -0.05) is 60.7 Å². The zero-order valence-electron chi connectivity index (χ0n) is 13.3. The SMILES string of the molecule is CC(C)(C)OO[C@H](CC(=O)c1ccccc1)c1ccccc1. The lowest BCUT2D eigenvalue weighted by Crippen LogP contribution is -2.22. The van der Waals surface area contributed by atoms with E-state index in [-0.39, 0.29) is 12.2 Å². The molecule has 0 amide bonds. The molecule has 0 unspecified atom stereocenters. The van der Waals surface area contributed by atoms with Crippen LogP contribution in [-0.2, 0) is 9.78 Å². The number of rotatable bonds is 6. The van der Waals surface area contributed by atoms with E-state index in [1.807, 2.05) is 81.4 Å². The van der Waals surface area contributed by atoms with E-state index >= 15 is 0 Å². The first-order valence-electron chi connectivity index (χ1n) is 7.43. The van der Waals surface area contributed by atoms with E-state index in [2.05, 4.69) is 0 Å². The number of carbonyl (C=O) groups is 1. The number of hydrogen-bond donors (Lipinski definition) is 0. The maximum Gasteiger partial charge on any atom is 0.165 e. The van der Waals surface area contributed by atoms with Crippen molar-refractivity contribution in [3.8, 4) is 0 Å². The van der Waals surface area contributed by atoms with Crippen LogP contribution in [0.5, 0.6) is 0 Å². The number of hydrogen-bond acceptors (Lipinski definition) is 3. The van der Waals surface area contributed by atoms with Gasteiger partial charge in [-0.05, 0) is 26.3 Å². The highest BCUT2D eigenvalue weighted by atomic mass is 17.2. The summed E-state index contributed by atoms with van der Waals surface area (Å²) in [6.07, 6.45) is -0.183. The lowest BCUT2D eigenvalue weighted by Gasteiger charge is -2.23. The fourth-order valence-electron chi connectivity index (χ4n) is 1.99. The van der Waals surface area contributed by atoms with Gasteiger partial charge in [0.1, 0.15) is 6.10 Å². The molecule has 0 radical (unpaired) electrons. The second kappa shape index (κ2) is 7.34. The third-order valence-electron chi connectivity index (χ3n) is 3.05. The summed E-state index contributed by atoms with van der Waals surface area (Å²) in [6.45, 7) is 5.73. The average Bonchev–Trinajstić information content (AvgIpc) is 2.52. The molecule has 0 spiro atoms. The molecule has 0 saturated carbocycles. The van der Waals surface area contributed by atoms with E-state index in [0.29, 0.717) is 5.56 Å². The highest BCUT2D eigenvalue weighted by molar-refractivity contribution is 5.96. The monoisotopic (exact) mass is 298 g/mol. The van der Waals surface area contributed by atoms with E-state index in [1.165, 1.54) is 0 Å². The van der Waals surface area contributed by atoms with Gasteiger partial charge in [0, 0.05) is 12.0 Å². The minimum absolute atomic E-state index is 0.0342. The normalized spacial score (nSPS) is 12.9. The van der Waals surface area contributed by atoms with Gasteiger partial charge in [0.2, 0.25) is 0 Å². The summed E-state index contributed by atoms with van der Waals surface area (Å²) < 4.78 is 0. The molecule has 0 aliphatic rings. The molecular weight excluding hydrogens is 276 g/mol. The lowest BCUT2D eigenvalue weighted by molar-refractivity contribution is -0.375. The summed E-state index contributed by atoms with van der Waals surface area (Å²) >= 11 is 0. The van der Waals surface area contributed by atoms with Gasteiger partial charge in [0.05, 0.1) is 5.60 Å². The van der Waals surface area contributed by atoms with Gasteiger partial charge in [-0.15, -0.1) is 0 Å². The third-order valence-corrected chi connectivity index (χ3v) is 3.05. The molecule has 3 heteroatoms. The van der Waals surface area contributed by atoms with E-state index < -0.39 is 11.7 Å². The van der Waals surface area contributed by atoms with Crippen molar-refractivity contribution in [2.45, 2.75) is 38.9 Å². The summed E-state index contributed by atoms with van der Waals surface area (Å²) in [4.78, 5) is 23.4. The molecule has 0 N–H and O–H groups in total. The van der Waals surface area contributed by atoms with Gasteiger partial charge >= 0.3 is 0 Å². The van der Waals surface area contributed by atoms with Crippen LogP contribution in [0.3, 0.4) is 0 Å². The molecule has 0 aromatic heterocycles. The van der Waals surface area contributed by atoms with Crippen LogP contribution in [0.1, 0.15) is 49.2 Å². The fraction of sp³-hybridized carbons (Fsp3) is 0.316. The molecule has 0 fully saturated rings. The Morgan fingerprint density at radius 1 is 0.955 bits per heavy atom. The van der Waals surface area contributed by atoms with E-state index in [9.17, 15) is 4.79 Å². The first-order valence-corrected chi connectivity index (χ1v) is 7.43. The van der Waals surface area contributed by atoms with Gasteiger partial charge in [-0.25, -0.2) is 9.78 Å². The Kier molecular flexibility index (Phi) is 5.47. The van der Waals surface area contributed by atoms with Crippen molar-refractivity contribution in [1.82, 2.24) is 0 Å². The predicted octanol–water partition coefficient (Wildman–Crippen LogP) is 4.75. The van der Waals surface area contributed by atoms with Crippen molar-refractivity contribution < 1.29 is 14.6 Å². The summed E-state index contributed by atoms with van der Waals surface area (Å²) in [6, 6.07) is 18.9. The maximum atomic E-state index is 12.4. The summed E-state index contributed by atoms with van der Waals surface area (Å²) in [7, 11) is 0. The Morgan fingerprint density at radius 2 is 1.50 bits per heavy atom. The Labute approximate surface area is 131 Å². The van der Waals surface area contributed by atoms with Gasteiger partial charge in [-0.3, -0.25) is 4.79 Å². The number of ketones is 1. The van der Waals surface area contributed by atoms with Crippen molar-refractivity contribution >= 4 is 5.78 Å². The minimum atomic E-state index is -0.428. The smallest absolute Gasteiger partial charge is 0.165 e. The third kappa shape index (κ3) is 5.10. The van der Waals surface area contributed by atoms with Crippen LogP contribution in [0, 0.1) is 0 Å². The first-order chi connectivity index (χ1) is 10.5. The average molecular weight is 298 g/mol. The van der Waals surface area contributed by atoms with Crippen LogP contribution in [0.2, 0.25) is 0 Å². The molecule has 2 aromatic carbocycles. The number of carbonyl (C=O) groups excluding carboxylic acids is 1. The Morgan fingerprint density at radius 3 is 2.05 bits per heavy atom. The summed E-state index contributed by atoms with van der Waals surface area (Å²) in [5.41, 5.74) is 1.18. The van der Waals surface area contributed by atoms with Crippen molar-refractivity contribution in [3.63, 3.8) is 0 Å². The molecule has 0 aliphatic heterocycles. The minimum Gasteiger partial charge on any atom is -0.294 e. The molecule has 0 aliphatic carbocycles. The standard InChI is InChI=1S/C19H22O3/c1-19(2,3)22-21-18(16-12-8-5-9-13-16)14-17(20)15-10-6-4-7-11-15/h4-13,18H,14H2,1-3H3/t18-/m1/s1. The van der Waals surface area contributed by atoms with Gasteiger partial charge in [0.25, 0.3) is 0 Å². The zero-order chi connectivity index (χ0) is 16.0. The van der Waals surface area contributed by atoms with E-state index in [4.69, 9.17) is 9.78 Å². The molecule has 116 valence electrons. The lowest BCUT2D eigenvalue weighted by atomic mass is 10.0. The Hall–Kier alpha value is -1.97. The zero-order valence-corrected chi connectivity index (χ0v) is 13.3. The molecule has 22 heavy (non-hydrogen) atoms. The molecule has 0 saturated heterocycles. The second-order valence-electron chi connectivity index (χ2n) is 6.18. The highest BCUT2D eigenvalue weighted by Gasteiger charge is 2.22. The molecule has 0 bridgehead atoms. The quantitative estimate of drug-likeness (QED) is 0.438. The molecule has 2 aromatic rings. The molecule has 1 atom stereocenters. The molecule has 2 rings (SSSR count). The Bertz CT molecular complexity index is 585. The number of benzene rings is 2. The van der Waals surface area contributed by atoms with E-state index in [0.717, 1.165) is 5.56 Å². The van der Waals surface area contributed by atoms with Crippen molar-refractivity contribution in [3.05, 3.63) is 71.8 Å². The van der Waals surface area contributed by atoms with Crippen molar-refractivity contribution in [2.75, 3.05) is 0 Å². The molecule has 3 nitrogen and oxygen atoms in total. The maximum absolute atomic E-state index is 12.4. The largest absolute Gasteiger partial charge is 0.294 e. The summed E-state index contributed by atoms with van der Waals surface area (Å²) in [5.74, 6) is 0.0342. The van der Waals surface area contributed by atoms with E-state index in [1.54, 1.807) is 0 Å². The van der Waals surface area contributed by atoms with Crippen LogP contribution in [0.15, 0.2) is 60.7 Å². The topological polar surface area (TPSA) is 35.5 Å². The predicted molar refractivity (Wildman–Crippen MR) is 86.5 cm³/mol. The van der Waals surface area contributed by atoms with Gasteiger partial charge < -0.3 is 0 Å². The highest BCUT2D eigenvalue weighted by Crippen LogP contribution is 2.25. The van der Waals surface area contributed by atoms with Crippen LogP contribution >= 0.6 is 0 Å². The Balaban J connectivity index is 2.12. The first kappa shape index (κ1) is 16.4. The molecule has 0 heterocycles. The summed E-state index contributed by atoms with van der Waals surface area (Å²) in [5, 5.41) is 0. The molecular formula is C19H22O3. The van der Waals surface area contributed by atoms with Crippen LogP contribution in [-0.4, -0.2) is 11.4 Å². The van der Waals surface area contributed by atoms with Gasteiger partial charge in [0.15, 0.2) is 5.78 Å². The van der Waals surface area contributed by atoms with Crippen LogP contribution < -0.4 is 0 Å². The van der Waals surface area contributed by atoms with Gasteiger partial charge in [-0.2, -0.15) is 0 Å². The fourth-order valence-corrected chi connectivity index (χ4v) is 1.99. The van der Waals surface area contributed by atoms with Crippen molar-refractivity contribution in [1.29, 1.82) is 0 Å². The second-order valence-corrected chi connectivity index (χ2v) is 6.18. The van der Waals surface area contributed by atoms with Crippen LogP contribution in [0.4, 0.5) is 0 Å².